The highest BCUT2D eigenvalue weighted by Crippen LogP contribution is 2.31. The fourth-order valence-corrected chi connectivity index (χ4v) is 2.28. The normalized spacial score (nSPS) is 11.0. The van der Waals surface area contributed by atoms with Crippen LogP contribution in [0.4, 0.5) is 0 Å². The zero-order valence-electron chi connectivity index (χ0n) is 11.2. The quantitative estimate of drug-likeness (QED) is 0.391. The number of hydrogen-bond donors (Lipinski definition) is 2. The van der Waals surface area contributed by atoms with Crippen molar-refractivity contribution >= 4 is 27.9 Å². The first-order valence-corrected chi connectivity index (χ1v) is 6.87. The second-order valence-corrected chi connectivity index (χ2v) is 5.24. The van der Waals surface area contributed by atoms with Crippen LogP contribution < -0.4 is 11.3 Å². The number of halogens is 1. The van der Waals surface area contributed by atoms with Gasteiger partial charge in [0.15, 0.2) is 0 Å². The molecule has 0 bridgehead atoms. The van der Waals surface area contributed by atoms with Crippen LogP contribution in [0.1, 0.15) is 16.9 Å². The Morgan fingerprint density at radius 3 is 2.70 bits per heavy atom. The van der Waals surface area contributed by atoms with Crippen molar-refractivity contribution < 1.29 is 9.21 Å². The summed E-state index contributed by atoms with van der Waals surface area (Å²) in [7, 11) is 0. The molecule has 5 heteroatoms. The summed E-state index contributed by atoms with van der Waals surface area (Å²) in [4.78, 5) is 11.0. The van der Waals surface area contributed by atoms with Gasteiger partial charge in [-0.2, -0.15) is 0 Å². The summed E-state index contributed by atoms with van der Waals surface area (Å²) >= 11 is 3.51. The molecular weight excluding hydrogens is 320 g/mol. The molecule has 0 aliphatic carbocycles. The van der Waals surface area contributed by atoms with E-state index in [1.54, 1.807) is 6.08 Å². The minimum absolute atomic E-state index is 0.376. The summed E-state index contributed by atoms with van der Waals surface area (Å²) in [6.07, 6.45) is 2.90. The van der Waals surface area contributed by atoms with Gasteiger partial charge < -0.3 is 4.42 Å². The standard InChI is InChI=1S/C15H15BrN2O2/c1-9-10(2)13(16)6-5-12(9)14-7-3-11(20-14)4-8-15(19)18-17/h3-8H,17H2,1-2H3,(H,18,19)/b8-4+. The van der Waals surface area contributed by atoms with Crippen molar-refractivity contribution in [3.63, 3.8) is 0 Å². The Balaban J connectivity index is 2.32. The highest BCUT2D eigenvalue weighted by atomic mass is 79.9. The first kappa shape index (κ1) is 14.6. The number of benzene rings is 1. The van der Waals surface area contributed by atoms with E-state index in [1.807, 2.05) is 29.7 Å². The fourth-order valence-electron chi connectivity index (χ4n) is 1.85. The monoisotopic (exact) mass is 334 g/mol. The van der Waals surface area contributed by atoms with E-state index in [0.717, 1.165) is 21.4 Å². The highest BCUT2D eigenvalue weighted by Gasteiger charge is 2.10. The van der Waals surface area contributed by atoms with Gasteiger partial charge in [0.25, 0.3) is 5.91 Å². The molecule has 0 radical (unpaired) electrons. The molecule has 0 atom stereocenters. The maximum Gasteiger partial charge on any atom is 0.258 e. The molecule has 1 aromatic heterocycles. The van der Waals surface area contributed by atoms with E-state index in [0.29, 0.717) is 5.76 Å². The van der Waals surface area contributed by atoms with Gasteiger partial charge in [0.1, 0.15) is 11.5 Å². The van der Waals surface area contributed by atoms with Crippen LogP contribution in [-0.4, -0.2) is 5.91 Å². The zero-order valence-corrected chi connectivity index (χ0v) is 12.8. The van der Waals surface area contributed by atoms with E-state index in [4.69, 9.17) is 10.3 Å². The van der Waals surface area contributed by atoms with Gasteiger partial charge in [-0.3, -0.25) is 10.2 Å². The molecule has 0 saturated carbocycles. The number of hydrogen-bond acceptors (Lipinski definition) is 3. The first-order valence-electron chi connectivity index (χ1n) is 6.07. The van der Waals surface area contributed by atoms with Crippen LogP contribution >= 0.6 is 15.9 Å². The summed E-state index contributed by atoms with van der Waals surface area (Å²) in [6.45, 7) is 4.10. The Labute approximate surface area is 125 Å². The summed E-state index contributed by atoms with van der Waals surface area (Å²) in [5.41, 5.74) is 5.40. The van der Waals surface area contributed by atoms with Crippen LogP contribution in [-0.2, 0) is 4.79 Å². The predicted molar refractivity (Wildman–Crippen MR) is 82.7 cm³/mol. The van der Waals surface area contributed by atoms with Crippen molar-refractivity contribution in [2.75, 3.05) is 0 Å². The molecule has 2 aromatic rings. The van der Waals surface area contributed by atoms with Gasteiger partial charge in [-0.25, -0.2) is 5.84 Å². The number of rotatable bonds is 3. The Kier molecular flexibility index (Phi) is 4.42. The molecule has 1 aromatic carbocycles. The third-order valence-corrected chi connectivity index (χ3v) is 4.01. The second kappa shape index (κ2) is 6.07. The van der Waals surface area contributed by atoms with E-state index in [2.05, 4.69) is 29.8 Å². The SMILES string of the molecule is Cc1c(Br)ccc(-c2ccc(/C=C/C(=O)NN)o2)c1C. The average molecular weight is 335 g/mol. The van der Waals surface area contributed by atoms with Gasteiger partial charge >= 0.3 is 0 Å². The van der Waals surface area contributed by atoms with E-state index in [9.17, 15) is 4.79 Å². The molecule has 0 saturated heterocycles. The van der Waals surface area contributed by atoms with Crippen molar-refractivity contribution in [2.45, 2.75) is 13.8 Å². The number of carbonyl (C=O) groups is 1. The smallest absolute Gasteiger partial charge is 0.258 e. The molecule has 0 spiro atoms. The van der Waals surface area contributed by atoms with E-state index in [1.165, 1.54) is 11.6 Å². The zero-order chi connectivity index (χ0) is 14.7. The van der Waals surface area contributed by atoms with Gasteiger partial charge in [0, 0.05) is 16.1 Å². The van der Waals surface area contributed by atoms with E-state index >= 15 is 0 Å². The molecule has 0 aliphatic heterocycles. The number of amides is 1. The van der Waals surface area contributed by atoms with Gasteiger partial charge in [-0.1, -0.05) is 15.9 Å². The maximum atomic E-state index is 11.0. The van der Waals surface area contributed by atoms with Gasteiger partial charge in [-0.15, -0.1) is 0 Å². The Bertz CT molecular complexity index is 675. The third kappa shape index (κ3) is 3.00. The molecule has 0 aliphatic rings. The molecule has 2 rings (SSSR count). The molecule has 104 valence electrons. The molecule has 1 amide bonds. The van der Waals surface area contributed by atoms with Crippen LogP contribution in [0.5, 0.6) is 0 Å². The van der Waals surface area contributed by atoms with Crippen LogP contribution in [0.15, 0.2) is 39.2 Å². The maximum absolute atomic E-state index is 11.0. The van der Waals surface area contributed by atoms with Crippen LogP contribution in [0, 0.1) is 13.8 Å². The van der Waals surface area contributed by atoms with Gasteiger partial charge in [0.05, 0.1) is 0 Å². The largest absolute Gasteiger partial charge is 0.457 e. The molecule has 0 unspecified atom stereocenters. The summed E-state index contributed by atoms with van der Waals surface area (Å²) in [5.74, 6) is 5.99. The number of hydrazine groups is 1. The Hall–Kier alpha value is -1.85. The van der Waals surface area contributed by atoms with Gasteiger partial charge in [-0.05, 0) is 55.3 Å². The lowest BCUT2D eigenvalue weighted by Crippen LogP contribution is -2.27. The number of nitrogens with one attached hydrogen (secondary N) is 1. The summed E-state index contributed by atoms with van der Waals surface area (Å²) in [5, 5.41) is 0. The van der Waals surface area contributed by atoms with Crippen LogP contribution in [0.25, 0.3) is 17.4 Å². The van der Waals surface area contributed by atoms with E-state index in [-0.39, 0.29) is 5.91 Å². The molecule has 0 fully saturated rings. The summed E-state index contributed by atoms with van der Waals surface area (Å²) < 4.78 is 6.79. The van der Waals surface area contributed by atoms with Crippen molar-refractivity contribution in [3.05, 3.63) is 51.7 Å². The van der Waals surface area contributed by atoms with Crippen molar-refractivity contribution in [2.24, 2.45) is 5.84 Å². The van der Waals surface area contributed by atoms with E-state index < -0.39 is 0 Å². The lowest BCUT2D eigenvalue weighted by molar-refractivity contribution is -0.116. The molecule has 20 heavy (non-hydrogen) atoms. The molecular formula is C15H15BrN2O2. The fraction of sp³-hybridized carbons (Fsp3) is 0.133. The van der Waals surface area contributed by atoms with Crippen molar-refractivity contribution in [1.82, 2.24) is 5.43 Å². The summed E-state index contributed by atoms with van der Waals surface area (Å²) in [6, 6.07) is 7.70. The topological polar surface area (TPSA) is 68.3 Å². The molecule has 1 heterocycles. The van der Waals surface area contributed by atoms with Gasteiger partial charge in [0.2, 0.25) is 0 Å². The number of carbonyl (C=O) groups excluding carboxylic acids is 1. The second-order valence-electron chi connectivity index (χ2n) is 4.39. The Morgan fingerprint density at radius 1 is 1.25 bits per heavy atom. The lowest BCUT2D eigenvalue weighted by atomic mass is 10.0. The van der Waals surface area contributed by atoms with Crippen LogP contribution in [0.2, 0.25) is 0 Å². The first-order chi connectivity index (χ1) is 9.52. The van der Waals surface area contributed by atoms with Crippen molar-refractivity contribution in [3.8, 4) is 11.3 Å². The van der Waals surface area contributed by atoms with Crippen LogP contribution in [0.3, 0.4) is 0 Å². The minimum Gasteiger partial charge on any atom is -0.457 e. The number of nitrogens with two attached hydrogens (primary N) is 1. The minimum atomic E-state index is -0.376. The highest BCUT2D eigenvalue weighted by molar-refractivity contribution is 9.10. The third-order valence-electron chi connectivity index (χ3n) is 3.15. The predicted octanol–water partition coefficient (Wildman–Crippen LogP) is 3.33. The molecule has 4 nitrogen and oxygen atoms in total. The lowest BCUT2D eigenvalue weighted by Gasteiger charge is -2.08. The van der Waals surface area contributed by atoms with Crippen molar-refractivity contribution in [1.29, 1.82) is 0 Å². The molecule has 3 N–H and O–H groups in total. The Morgan fingerprint density at radius 2 is 2.00 bits per heavy atom. The number of furan rings is 1. The average Bonchev–Trinajstić information content (AvgIpc) is 2.91.